The monoisotopic (exact) mass is 549 g/mol. The molecule has 0 aliphatic rings. The zero-order valence-electron chi connectivity index (χ0n) is 20.8. The van der Waals surface area contributed by atoms with Gasteiger partial charge in [0.25, 0.3) is 11.5 Å². The van der Waals surface area contributed by atoms with Crippen molar-refractivity contribution in [3.63, 3.8) is 0 Å². The van der Waals surface area contributed by atoms with Gasteiger partial charge in [0, 0.05) is 17.6 Å². The number of thiophene rings is 1. The first-order valence-electron chi connectivity index (χ1n) is 11.7. The molecule has 12 heteroatoms. The van der Waals surface area contributed by atoms with Gasteiger partial charge in [0.15, 0.2) is 5.75 Å². The summed E-state index contributed by atoms with van der Waals surface area (Å²) in [6.45, 7) is 4.42. The number of aliphatic carboxylic acids is 1. The smallest absolute Gasteiger partial charge is 0.490 e. The van der Waals surface area contributed by atoms with Crippen LogP contribution in [0.2, 0.25) is 0 Å². The van der Waals surface area contributed by atoms with Gasteiger partial charge in [0.1, 0.15) is 10.3 Å². The number of aromatic nitrogens is 2. The van der Waals surface area contributed by atoms with Crippen LogP contribution in [0.15, 0.2) is 53.5 Å². The van der Waals surface area contributed by atoms with E-state index in [0.29, 0.717) is 22.6 Å². The number of carbonyl (C=O) groups excluding carboxylic acids is 1. The number of alkyl halides is 3. The van der Waals surface area contributed by atoms with Gasteiger partial charge in [-0.15, -0.1) is 11.3 Å². The molecule has 2 N–H and O–H groups in total. The number of carbonyl (C=O) groups is 2. The number of carboxylic acids is 1. The maximum atomic E-state index is 13.6. The number of rotatable bonds is 7. The Morgan fingerprint density at radius 3 is 2.32 bits per heavy atom. The molecule has 0 atom stereocenters. The molecule has 0 saturated carbocycles. The summed E-state index contributed by atoms with van der Waals surface area (Å²) in [4.78, 5) is 40.4. The third-order valence-electron chi connectivity index (χ3n) is 5.78. The molecule has 8 nitrogen and oxygen atoms in total. The van der Waals surface area contributed by atoms with E-state index in [2.05, 4.69) is 10.3 Å². The minimum absolute atomic E-state index is 0.0833. The minimum atomic E-state index is -5.08. The highest BCUT2D eigenvalue weighted by Gasteiger charge is 2.38. The van der Waals surface area contributed by atoms with Crippen LogP contribution in [-0.4, -0.2) is 45.9 Å². The van der Waals surface area contributed by atoms with Crippen LogP contribution < -0.4 is 15.6 Å². The zero-order chi connectivity index (χ0) is 28.0. The molecule has 0 saturated heterocycles. The van der Waals surface area contributed by atoms with Crippen molar-refractivity contribution < 1.29 is 32.6 Å². The number of amides is 1. The van der Waals surface area contributed by atoms with Gasteiger partial charge in [-0.3, -0.25) is 14.6 Å². The Morgan fingerprint density at radius 2 is 1.76 bits per heavy atom. The number of hydrogen-bond acceptors (Lipinski definition) is 6. The lowest BCUT2D eigenvalue weighted by Gasteiger charge is -2.14. The third kappa shape index (κ3) is 6.13. The predicted molar refractivity (Wildman–Crippen MR) is 139 cm³/mol. The van der Waals surface area contributed by atoms with Gasteiger partial charge in [0.2, 0.25) is 0 Å². The summed E-state index contributed by atoms with van der Waals surface area (Å²) in [5.74, 6) is -2.62. The average Bonchev–Trinajstić information content (AvgIpc) is 3.30. The fourth-order valence-electron chi connectivity index (χ4n) is 3.84. The maximum absolute atomic E-state index is 13.6. The van der Waals surface area contributed by atoms with Crippen LogP contribution in [0.3, 0.4) is 0 Å². The van der Waals surface area contributed by atoms with Crippen molar-refractivity contribution in [2.45, 2.75) is 45.5 Å². The van der Waals surface area contributed by atoms with Gasteiger partial charge in [-0.25, -0.2) is 4.79 Å². The second kappa shape index (κ2) is 12.1. The van der Waals surface area contributed by atoms with E-state index in [4.69, 9.17) is 14.6 Å². The minimum Gasteiger partial charge on any atom is -0.494 e. The number of carboxylic acid groups (broad SMARTS) is 1. The fourth-order valence-corrected chi connectivity index (χ4v) is 5.04. The molecule has 202 valence electrons. The fraction of sp³-hybridized carbons (Fsp3) is 0.308. The van der Waals surface area contributed by atoms with Gasteiger partial charge >= 0.3 is 12.1 Å². The number of nitrogens with one attached hydrogen (secondary N) is 1. The van der Waals surface area contributed by atoms with Crippen molar-refractivity contribution in [1.82, 2.24) is 14.9 Å². The van der Waals surface area contributed by atoms with Crippen LogP contribution in [-0.2, 0) is 11.3 Å². The van der Waals surface area contributed by atoms with Gasteiger partial charge < -0.3 is 19.7 Å². The molecule has 38 heavy (non-hydrogen) atoms. The lowest BCUT2D eigenvalue weighted by Crippen LogP contribution is -2.33. The van der Waals surface area contributed by atoms with Crippen LogP contribution >= 0.6 is 11.3 Å². The number of para-hydroxylation sites is 1. The zero-order valence-corrected chi connectivity index (χ0v) is 21.7. The number of pyridine rings is 2. The molecule has 4 aromatic rings. The van der Waals surface area contributed by atoms with Gasteiger partial charge in [0.05, 0.1) is 29.6 Å². The standard InChI is InChI=1S/C24H25N3O3S.C2HF3O2/c1-4-15(5-2)26-23(28)22-20(30-3)19-21(31-22)17-11-6-7-12-18(17)27(24(19)29)14-16-10-8-9-13-25-16;3-2(4,5)1(6)7/h6-13,15H,4-5,14H2,1-3H3,(H,26,28);(H,6,7). The van der Waals surface area contributed by atoms with Crippen LogP contribution in [0.1, 0.15) is 42.1 Å². The quantitative estimate of drug-likeness (QED) is 0.327. The number of fused-ring (bicyclic) bond motifs is 3. The van der Waals surface area contributed by atoms with E-state index in [-0.39, 0.29) is 17.5 Å². The largest absolute Gasteiger partial charge is 0.494 e. The molecular formula is C26H26F3N3O5S. The van der Waals surface area contributed by atoms with Crippen molar-refractivity contribution >= 4 is 44.2 Å². The highest BCUT2D eigenvalue weighted by Crippen LogP contribution is 2.39. The molecule has 0 fully saturated rings. The van der Waals surface area contributed by atoms with E-state index in [1.54, 1.807) is 10.8 Å². The average molecular weight is 550 g/mol. The molecule has 1 aromatic carbocycles. The Morgan fingerprint density at radius 1 is 1.13 bits per heavy atom. The molecule has 3 heterocycles. The van der Waals surface area contributed by atoms with E-state index in [1.807, 2.05) is 56.3 Å². The van der Waals surface area contributed by atoms with E-state index in [1.165, 1.54) is 18.4 Å². The summed E-state index contributed by atoms with van der Waals surface area (Å²) in [5.41, 5.74) is 1.41. The molecule has 1 amide bonds. The van der Waals surface area contributed by atoms with E-state index in [9.17, 15) is 22.8 Å². The number of nitrogens with zero attached hydrogens (tertiary/aromatic N) is 2. The van der Waals surface area contributed by atoms with E-state index >= 15 is 0 Å². The van der Waals surface area contributed by atoms with Gasteiger partial charge in [-0.1, -0.05) is 38.1 Å². The Bertz CT molecular complexity index is 1500. The number of methoxy groups -OCH3 is 1. The number of halogens is 3. The summed E-state index contributed by atoms with van der Waals surface area (Å²) >= 11 is 1.31. The first-order valence-corrected chi connectivity index (χ1v) is 12.5. The summed E-state index contributed by atoms with van der Waals surface area (Å²) < 4.78 is 39.8. The Balaban J connectivity index is 0.000000505. The number of ether oxygens (including phenoxy) is 1. The molecular weight excluding hydrogens is 523 g/mol. The van der Waals surface area contributed by atoms with Crippen LogP contribution in [0, 0.1) is 0 Å². The first kappa shape index (κ1) is 28.6. The van der Waals surface area contributed by atoms with Gasteiger partial charge in [-0.05, 0) is 31.0 Å². The number of hydrogen-bond donors (Lipinski definition) is 2. The molecule has 0 bridgehead atoms. The highest BCUT2D eigenvalue weighted by atomic mass is 32.1. The molecule has 3 aromatic heterocycles. The normalized spacial score (nSPS) is 11.3. The SMILES string of the molecule is CCC(CC)NC(=O)c1sc2c(c1OC)c(=O)n(Cc1ccccn1)c1ccccc21.O=C(O)C(F)(F)F. The highest BCUT2D eigenvalue weighted by molar-refractivity contribution is 7.22. The lowest BCUT2D eigenvalue weighted by molar-refractivity contribution is -0.192. The summed E-state index contributed by atoms with van der Waals surface area (Å²) in [5, 5.41) is 11.5. The van der Waals surface area contributed by atoms with Crippen molar-refractivity contribution in [2.75, 3.05) is 7.11 Å². The first-order chi connectivity index (χ1) is 18.0. The Labute approximate surface area is 219 Å². The van der Waals surface area contributed by atoms with E-state index in [0.717, 1.165) is 34.1 Å². The molecule has 0 aliphatic heterocycles. The molecule has 0 aliphatic carbocycles. The second-order valence-corrected chi connectivity index (χ2v) is 9.21. The topological polar surface area (TPSA) is 111 Å². The molecule has 4 rings (SSSR count). The predicted octanol–water partition coefficient (Wildman–Crippen LogP) is 5.22. The second-order valence-electron chi connectivity index (χ2n) is 8.19. The molecule has 0 unspecified atom stereocenters. The van der Waals surface area contributed by atoms with Gasteiger partial charge in [-0.2, -0.15) is 13.2 Å². The molecule has 0 spiro atoms. The summed E-state index contributed by atoms with van der Waals surface area (Å²) in [6.07, 6.45) is -1.68. The lowest BCUT2D eigenvalue weighted by atomic mass is 10.1. The summed E-state index contributed by atoms with van der Waals surface area (Å²) in [6, 6.07) is 13.5. The third-order valence-corrected chi connectivity index (χ3v) is 6.99. The number of benzene rings is 1. The van der Waals surface area contributed by atoms with Crippen molar-refractivity contribution in [2.24, 2.45) is 0 Å². The Hall–Kier alpha value is -3.93. The van der Waals surface area contributed by atoms with Crippen LogP contribution in [0.25, 0.3) is 21.0 Å². The van der Waals surface area contributed by atoms with Crippen LogP contribution in [0.5, 0.6) is 5.75 Å². The Kier molecular flexibility index (Phi) is 9.10. The summed E-state index contributed by atoms with van der Waals surface area (Å²) in [7, 11) is 1.51. The van der Waals surface area contributed by atoms with E-state index < -0.39 is 12.1 Å². The van der Waals surface area contributed by atoms with Crippen molar-refractivity contribution in [3.8, 4) is 5.75 Å². The van der Waals surface area contributed by atoms with Crippen molar-refractivity contribution in [1.29, 1.82) is 0 Å². The molecule has 0 radical (unpaired) electrons. The maximum Gasteiger partial charge on any atom is 0.490 e. The van der Waals surface area contributed by atoms with Crippen molar-refractivity contribution in [3.05, 3.63) is 69.6 Å². The van der Waals surface area contributed by atoms with Crippen LogP contribution in [0.4, 0.5) is 13.2 Å².